The molecule has 2 aliphatic rings. The van der Waals surface area contributed by atoms with Crippen LogP contribution in [0.25, 0.3) is 16.7 Å². The quantitative estimate of drug-likeness (QED) is 0.628. The number of hydrogen-bond acceptors (Lipinski definition) is 3. The maximum Gasteiger partial charge on any atom is 0.181 e. The van der Waals surface area contributed by atoms with E-state index in [2.05, 4.69) is 16.1 Å². The predicted octanol–water partition coefficient (Wildman–Crippen LogP) is 5.16. The number of nitrogens with zero attached hydrogens (tertiary/aromatic N) is 4. The zero-order valence-electron chi connectivity index (χ0n) is 15.8. The van der Waals surface area contributed by atoms with Gasteiger partial charge in [0, 0.05) is 36.6 Å². The Labute approximate surface area is 163 Å². The Bertz CT molecular complexity index is 993. The van der Waals surface area contributed by atoms with Crippen LogP contribution in [0.2, 0.25) is 0 Å². The van der Waals surface area contributed by atoms with E-state index in [1.54, 1.807) is 16.8 Å². The Morgan fingerprint density at radius 3 is 2.68 bits per heavy atom. The highest BCUT2D eigenvalue weighted by atomic mass is 19.1. The van der Waals surface area contributed by atoms with Gasteiger partial charge in [-0.2, -0.15) is 0 Å². The van der Waals surface area contributed by atoms with Gasteiger partial charge >= 0.3 is 0 Å². The summed E-state index contributed by atoms with van der Waals surface area (Å²) in [6.07, 6.45) is 9.77. The summed E-state index contributed by atoms with van der Waals surface area (Å²) in [5.41, 5.74) is 3.07. The average Bonchev–Trinajstić information content (AvgIpc) is 3.34. The van der Waals surface area contributed by atoms with E-state index < -0.39 is 6.17 Å². The molecule has 1 aliphatic carbocycles. The van der Waals surface area contributed by atoms with E-state index in [0.717, 1.165) is 11.1 Å². The summed E-state index contributed by atoms with van der Waals surface area (Å²) in [6.45, 7) is 1.01. The van der Waals surface area contributed by atoms with Crippen molar-refractivity contribution in [3.63, 3.8) is 0 Å². The van der Waals surface area contributed by atoms with Gasteiger partial charge in [-0.3, -0.25) is 0 Å². The largest absolute Gasteiger partial charge is 0.368 e. The molecule has 1 aliphatic heterocycles. The van der Waals surface area contributed by atoms with Gasteiger partial charge in [0.1, 0.15) is 17.7 Å². The van der Waals surface area contributed by atoms with Gasteiger partial charge in [0.05, 0.1) is 0 Å². The molecule has 0 bridgehead atoms. The minimum Gasteiger partial charge on any atom is -0.368 e. The first kappa shape index (κ1) is 17.6. The van der Waals surface area contributed by atoms with Crippen molar-refractivity contribution in [2.75, 3.05) is 18.0 Å². The summed E-state index contributed by atoms with van der Waals surface area (Å²) < 4.78 is 29.7. The Kier molecular flexibility index (Phi) is 4.49. The number of halogens is 2. The fraction of sp³-hybridized carbons (Fsp3) is 0.455. The number of anilines is 1. The van der Waals surface area contributed by atoms with Crippen LogP contribution in [-0.4, -0.2) is 34.0 Å². The molecular weight excluding hydrogens is 358 g/mol. The first-order valence-electron chi connectivity index (χ1n) is 10.2. The summed E-state index contributed by atoms with van der Waals surface area (Å²) >= 11 is 0. The molecule has 0 spiro atoms. The van der Waals surface area contributed by atoms with Crippen LogP contribution in [0.1, 0.15) is 50.0 Å². The third kappa shape index (κ3) is 3.25. The van der Waals surface area contributed by atoms with Crippen LogP contribution in [0.4, 0.5) is 14.5 Å². The number of pyridine rings is 1. The summed E-state index contributed by atoms with van der Waals surface area (Å²) in [4.78, 5) is 6.48. The number of aromatic nitrogens is 3. The van der Waals surface area contributed by atoms with E-state index >= 15 is 0 Å². The van der Waals surface area contributed by atoms with E-state index in [1.165, 1.54) is 43.7 Å². The molecule has 2 fully saturated rings. The summed E-state index contributed by atoms with van der Waals surface area (Å²) in [6, 6.07) is 7.04. The average molecular weight is 382 g/mol. The lowest BCUT2D eigenvalue weighted by molar-refractivity contribution is 0.364. The number of rotatable bonds is 3. The van der Waals surface area contributed by atoms with E-state index in [4.69, 9.17) is 0 Å². The lowest BCUT2D eigenvalue weighted by Gasteiger charge is -2.21. The second kappa shape index (κ2) is 7.15. The third-order valence-electron chi connectivity index (χ3n) is 6.13. The standard InChI is InChI=1S/C22H24F2N4/c23-18-8-9-27(14-18)19-6-7-20(24)21(11-19)28-13-17-10-16(12-25-22(17)26-28)15-4-2-1-3-5-15/h6-7,10-13,15,18H,1-5,8-9,14H2/t18-/m1/s1. The van der Waals surface area contributed by atoms with Gasteiger partial charge in [0.15, 0.2) is 5.65 Å². The second-order valence-electron chi connectivity index (χ2n) is 8.06. The highest BCUT2D eigenvalue weighted by molar-refractivity contribution is 5.75. The minimum atomic E-state index is -0.816. The molecule has 1 atom stereocenters. The van der Waals surface area contributed by atoms with Crippen molar-refractivity contribution in [2.24, 2.45) is 0 Å². The fourth-order valence-electron chi connectivity index (χ4n) is 4.54. The molecule has 3 heterocycles. The normalized spacial score (nSPS) is 20.9. The molecule has 4 nitrogen and oxygen atoms in total. The van der Waals surface area contributed by atoms with Crippen molar-refractivity contribution in [1.82, 2.24) is 14.8 Å². The molecule has 3 aromatic rings. The molecule has 2 aromatic heterocycles. The molecule has 1 aromatic carbocycles. The summed E-state index contributed by atoms with van der Waals surface area (Å²) in [5, 5.41) is 5.41. The van der Waals surface area contributed by atoms with Crippen molar-refractivity contribution >= 4 is 16.7 Å². The molecule has 146 valence electrons. The van der Waals surface area contributed by atoms with Gasteiger partial charge in [0.2, 0.25) is 0 Å². The summed E-state index contributed by atoms with van der Waals surface area (Å²) in [5.74, 6) is 0.220. The summed E-state index contributed by atoms with van der Waals surface area (Å²) in [7, 11) is 0. The number of fused-ring (bicyclic) bond motifs is 1. The van der Waals surface area contributed by atoms with Crippen LogP contribution in [0, 0.1) is 5.82 Å². The van der Waals surface area contributed by atoms with Crippen LogP contribution >= 0.6 is 0 Å². The van der Waals surface area contributed by atoms with E-state index in [1.807, 2.05) is 17.3 Å². The lowest BCUT2D eigenvalue weighted by atomic mass is 9.85. The van der Waals surface area contributed by atoms with E-state index in [0.29, 0.717) is 36.8 Å². The molecule has 0 amide bonds. The Morgan fingerprint density at radius 2 is 1.89 bits per heavy atom. The van der Waals surface area contributed by atoms with Gasteiger partial charge in [-0.05, 0) is 55.0 Å². The maximum absolute atomic E-state index is 14.5. The zero-order chi connectivity index (χ0) is 19.1. The highest BCUT2D eigenvalue weighted by Crippen LogP contribution is 2.33. The molecule has 0 N–H and O–H groups in total. The van der Waals surface area contributed by atoms with Gasteiger partial charge in [0.25, 0.3) is 0 Å². The number of alkyl halides is 1. The molecule has 1 saturated heterocycles. The van der Waals surface area contributed by atoms with Gasteiger partial charge < -0.3 is 4.90 Å². The van der Waals surface area contributed by atoms with Crippen molar-refractivity contribution in [2.45, 2.75) is 50.6 Å². The lowest BCUT2D eigenvalue weighted by Crippen LogP contribution is -2.20. The van der Waals surface area contributed by atoms with Gasteiger partial charge in [-0.1, -0.05) is 19.3 Å². The van der Waals surface area contributed by atoms with Crippen molar-refractivity contribution in [3.05, 3.63) is 48.0 Å². The topological polar surface area (TPSA) is 34.0 Å². The van der Waals surface area contributed by atoms with E-state index in [-0.39, 0.29) is 5.82 Å². The fourth-order valence-corrected chi connectivity index (χ4v) is 4.54. The number of hydrogen-bond donors (Lipinski definition) is 0. The molecule has 5 rings (SSSR count). The monoisotopic (exact) mass is 382 g/mol. The van der Waals surface area contributed by atoms with Crippen LogP contribution in [-0.2, 0) is 0 Å². The Balaban J connectivity index is 1.48. The van der Waals surface area contributed by atoms with Crippen LogP contribution in [0.15, 0.2) is 36.7 Å². The van der Waals surface area contributed by atoms with Gasteiger partial charge in [-0.25, -0.2) is 18.4 Å². The minimum absolute atomic E-state index is 0.347. The molecule has 0 radical (unpaired) electrons. The number of benzene rings is 1. The van der Waals surface area contributed by atoms with E-state index in [9.17, 15) is 8.78 Å². The van der Waals surface area contributed by atoms with Crippen LogP contribution < -0.4 is 4.90 Å². The third-order valence-corrected chi connectivity index (χ3v) is 6.13. The molecule has 28 heavy (non-hydrogen) atoms. The van der Waals surface area contributed by atoms with Gasteiger partial charge in [-0.15, -0.1) is 5.10 Å². The van der Waals surface area contributed by atoms with Crippen molar-refractivity contribution < 1.29 is 8.78 Å². The first-order valence-corrected chi connectivity index (χ1v) is 10.2. The zero-order valence-corrected chi connectivity index (χ0v) is 15.8. The first-order chi connectivity index (χ1) is 13.7. The Hall–Kier alpha value is -2.50. The highest BCUT2D eigenvalue weighted by Gasteiger charge is 2.23. The smallest absolute Gasteiger partial charge is 0.181 e. The van der Waals surface area contributed by atoms with Crippen molar-refractivity contribution in [3.8, 4) is 5.69 Å². The Morgan fingerprint density at radius 1 is 1.04 bits per heavy atom. The van der Waals surface area contributed by atoms with Crippen molar-refractivity contribution in [1.29, 1.82) is 0 Å². The molecular formula is C22H24F2N4. The van der Waals surface area contributed by atoms with Crippen LogP contribution in [0.5, 0.6) is 0 Å². The molecule has 0 unspecified atom stereocenters. The van der Waals surface area contributed by atoms with Crippen LogP contribution in [0.3, 0.4) is 0 Å². The predicted molar refractivity (Wildman–Crippen MR) is 106 cm³/mol. The SMILES string of the molecule is Fc1ccc(N2CC[C@@H](F)C2)cc1-n1cc2cc(C3CCCCC3)cnc2n1. The maximum atomic E-state index is 14.5. The molecule has 1 saturated carbocycles. The molecule has 6 heteroatoms. The second-order valence-corrected chi connectivity index (χ2v) is 8.06.